The number of hydrogen-bond acceptors (Lipinski definition) is 7. The second kappa shape index (κ2) is 4.90. The van der Waals surface area contributed by atoms with Gasteiger partial charge in [-0.05, 0) is 29.5 Å². The lowest BCUT2D eigenvalue weighted by atomic mass is 9.99. The van der Waals surface area contributed by atoms with E-state index in [2.05, 4.69) is 16.2 Å². The highest BCUT2D eigenvalue weighted by molar-refractivity contribution is 8.25. The van der Waals surface area contributed by atoms with Crippen molar-refractivity contribution < 1.29 is 4.74 Å². The number of fused-ring (bicyclic) bond motifs is 1. The van der Waals surface area contributed by atoms with E-state index < -0.39 is 6.04 Å². The largest absolute Gasteiger partial charge is 0.497 e. The molecule has 20 heavy (non-hydrogen) atoms. The summed E-state index contributed by atoms with van der Waals surface area (Å²) in [6, 6.07) is 9.18. The summed E-state index contributed by atoms with van der Waals surface area (Å²) in [7, 11) is 1.61. The second-order valence-corrected chi connectivity index (χ2v) is 4.96. The van der Waals surface area contributed by atoms with E-state index in [0.29, 0.717) is 16.6 Å². The van der Waals surface area contributed by atoms with Crippen LogP contribution in [0.15, 0.2) is 45.8 Å². The normalized spacial score (nSPS) is 20.5. The minimum Gasteiger partial charge on any atom is -0.497 e. The van der Waals surface area contributed by atoms with Gasteiger partial charge in [0.25, 0.3) is 0 Å². The average Bonchev–Trinajstić information content (AvgIpc) is 2.96. The number of benzene rings is 1. The van der Waals surface area contributed by atoms with Crippen LogP contribution >= 0.6 is 11.8 Å². The second-order valence-electron chi connectivity index (χ2n) is 4.15. The van der Waals surface area contributed by atoms with Crippen molar-refractivity contribution in [2.75, 3.05) is 7.11 Å². The number of nitriles is 1. The van der Waals surface area contributed by atoms with Gasteiger partial charge in [0, 0.05) is 0 Å². The van der Waals surface area contributed by atoms with Crippen LogP contribution in [0, 0.1) is 11.3 Å². The summed E-state index contributed by atoms with van der Waals surface area (Å²) >= 11 is 1.38. The van der Waals surface area contributed by atoms with E-state index in [4.69, 9.17) is 10.5 Å². The molecule has 0 fully saturated rings. The molecule has 0 bridgehead atoms. The van der Waals surface area contributed by atoms with E-state index >= 15 is 0 Å². The third-order valence-corrected chi connectivity index (χ3v) is 3.76. The number of amidine groups is 1. The fourth-order valence-electron chi connectivity index (χ4n) is 2.04. The molecule has 0 saturated heterocycles. The molecular weight excluding hydrogens is 274 g/mol. The van der Waals surface area contributed by atoms with Gasteiger partial charge in [0.2, 0.25) is 0 Å². The van der Waals surface area contributed by atoms with Crippen molar-refractivity contribution in [3.8, 4) is 11.8 Å². The number of aliphatic imine (C=N–C) groups is 1. The maximum Gasteiger partial charge on any atom is 0.193 e. The van der Waals surface area contributed by atoms with Gasteiger partial charge in [-0.25, -0.2) is 4.99 Å². The third kappa shape index (κ3) is 1.90. The predicted molar refractivity (Wildman–Crippen MR) is 77.9 cm³/mol. The molecule has 100 valence electrons. The Bertz CT molecular complexity index is 671. The zero-order valence-corrected chi connectivity index (χ0v) is 11.5. The van der Waals surface area contributed by atoms with Crippen LogP contribution in [0.4, 0.5) is 0 Å². The Morgan fingerprint density at radius 2 is 2.15 bits per heavy atom. The van der Waals surface area contributed by atoms with Crippen LogP contribution in [0.3, 0.4) is 0 Å². The van der Waals surface area contributed by atoms with Crippen molar-refractivity contribution in [1.29, 1.82) is 5.26 Å². The van der Waals surface area contributed by atoms with E-state index in [0.717, 1.165) is 11.3 Å². The van der Waals surface area contributed by atoms with Crippen molar-refractivity contribution in [2.45, 2.75) is 6.04 Å². The van der Waals surface area contributed by atoms with Crippen molar-refractivity contribution in [3.63, 3.8) is 0 Å². The molecule has 7 heteroatoms. The van der Waals surface area contributed by atoms with E-state index in [-0.39, 0.29) is 0 Å². The molecule has 0 spiro atoms. The van der Waals surface area contributed by atoms with Gasteiger partial charge in [-0.2, -0.15) is 15.4 Å². The van der Waals surface area contributed by atoms with Gasteiger partial charge in [0.15, 0.2) is 5.17 Å². The number of nitrogens with zero attached hydrogens (tertiary/aromatic N) is 4. The van der Waals surface area contributed by atoms with Crippen LogP contribution < -0.4 is 10.5 Å². The van der Waals surface area contributed by atoms with Crippen molar-refractivity contribution in [1.82, 2.24) is 5.01 Å². The van der Waals surface area contributed by atoms with Crippen molar-refractivity contribution in [3.05, 3.63) is 41.2 Å². The molecule has 3 rings (SSSR count). The first-order valence-corrected chi connectivity index (χ1v) is 6.73. The molecule has 0 radical (unpaired) electrons. The van der Waals surface area contributed by atoms with Gasteiger partial charge in [0.05, 0.1) is 12.7 Å². The fraction of sp³-hybridized carbons (Fsp3) is 0.154. The molecule has 1 atom stereocenters. The minimum atomic E-state index is -0.397. The molecule has 2 heterocycles. The van der Waals surface area contributed by atoms with E-state index in [1.165, 1.54) is 16.8 Å². The Morgan fingerprint density at radius 1 is 1.40 bits per heavy atom. The fourth-order valence-corrected chi connectivity index (χ4v) is 2.69. The van der Waals surface area contributed by atoms with Crippen LogP contribution in [-0.2, 0) is 0 Å². The summed E-state index contributed by atoms with van der Waals surface area (Å²) in [6.07, 6.45) is 0. The summed E-state index contributed by atoms with van der Waals surface area (Å²) in [4.78, 5) is 4.55. The van der Waals surface area contributed by atoms with Gasteiger partial charge < -0.3 is 10.5 Å². The van der Waals surface area contributed by atoms with E-state index in [9.17, 15) is 5.26 Å². The van der Waals surface area contributed by atoms with Crippen molar-refractivity contribution >= 4 is 22.5 Å². The summed E-state index contributed by atoms with van der Waals surface area (Å²) < 4.78 is 5.13. The predicted octanol–water partition coefficient (Wildman–Crippen LogP) is 1.79. The Balaban J connectivity index is 2.03. The Hall–Kier alpha value is -2.46. The van der Waals surface area contributed by atoms with E-state index in [1.807, 2.05) is 24.3 Å². The molecule has 0 aliphatic carbocycles. The van der Waals surface area contributed by atoms with Gasteiger partial charge in [-0.3, -0.25) is 0 Å². The Labute approximate surface area is 120 Å². The maximum atomic E-state index is 9.35. The van der Waals surface area contributed by atoms with Gasteiger partial charge in [-0.15, -0.1) is 0 Å². The Morgan fingerprint density at radius 3 is 2.80 bits per heavy atom. The SMILES string of the molecule is COc1ccc(C2N=C3SC=NN3C(N)=C2C#N)cc1. The highest BCUT2D eigenvalue weighted by atomic mass is 32.2. The van der Waals surface area contributed by atoms with Crippen LogP contribution in [0.2, 0.25) is 0 Å². The minimum absolute atomic E-state index is 0.333. The highest BCUT2D eigenvalue weighted by Gasteiger charge is 2.32. The highest BCUT2D eigenvalue weighted by Crippen LogP contribution is 2.36. The number of thioether (sulfide) groups is 1. The zero-order valence-electron chi connectivity index (χ0n) is 10.6. The van der Waals surface area contributed by atoms with Gasteiger partial charge in [0.1, 0.15) is 29.3 Å². The topological polar surface area (TPSA) is 87.0 Å². The van der Waals surface area contributed by atoms with Crippen LogP contribution in [-0.4, -0.2) is 22.8 Å². The molecule has 2 aliphatic heterocycles. The molecule has 6 nitrogen and oxygen atoms in total. The molecule has 2 N–H and O–H groups in total. The molecule has 1 unspecified atom stereocenters. The molecule has 0 saturated carbocycles. The molecular formula is C13H11N5OS. The van der Waals surface area contributed by atoms with Crippen LogP contribution in [0.5, 0.6) is 5.75 Å². The molecule has 1 aromatic carbocycles. The number of ether oxygens (including phenoxy) is 1. The Kier molecular flexibility index (Phi) is 3.08. The van der Waals surface area contributed by atoms with Gasteiger partial charge >= 0.3 is 0 Å². The summed E-state index contributed by atoms with van der Waals surface area (Å²) in [5, 5.41) is 15.6. The molecule has 2 aliphatic rings. The summed E-state index contributed by atoms with van der Waals surface area (Å²) in [6.45, 7) is 0. The number of rotatable bonds is 2. The zero-order chi connectivity index (χ0) is 14.1. The smallest absolute Gasteiger partial charge is 0.193 e. The van der Waals surface area contributed by atoms with Gasteiger partial charge in [-0.1, -0.05) is 12.1 Å². The lowest BCUT2D eigenvalue weighted by Crippen LogP contribution is -2.31. The lowest BCUT2D eigenvalue weighted by Gasteiger charge is -2.25. The standard InChI is InChI=1S/C13H11N5OS/c1-19-9-4-2-8(3-5-9)11-10(6-14)12(15)18-13(17-11)20-7-16-18/h2-5,7,11H,15H2,1H3. The maximum absolute atomic E-state index is 9.35. The number of methoxy groups -OCH3 is 1. The van der Waals surface area contributed by atoms with Crippen LogP contribution in [0.1, 0.15) is 11.6 Å². The molecule has 0 aromatic heterocycles. The number of hydrazone groups is 1. The van der Waals surface area contributed by atoms with Crippen molar-refractivity contribution in [2.24, 2.45) is 15.8 Å². The summed E-state index contributed by atoms with van der Waals surface area (Å²) in [5.41, 5.74) is 8.95. The lowest BCUT2D eigenvalue weighted by molar-refractivity contribution is 0.414. The quantitative estimate of drug-likeness (QED) is 0.895. The number of nitrogens with two attached hydrogens (primary N) is 1. The van der Waals surface area contributed by atoms with Crippen LogP contribution in [0.25, 0.3) is 0 Å². The number of hydrogen-bond donors (Lipinski definition) is 1. The first kappa shape index (κ1) is 12.6. The monoisotopic (exact) mass is 285 g/mol. The molecule has 0 amide bonds. The average molecular weight is 285 g/mol. The molecule has 1 aromatic rings. The summed E-state index contributed by atoms with van der Waals surface area (Å²) in [5.74, 6) is 1.09. The van der Waals surface area contributed by atoms with E-state index in [1.54, 1.807) is 12.7 Å². The third-order valence-electron chi connectivity index (χ3n) is 3.07. The first-order valence-electron chi connectivity index (χ1n) is 5.85. The first-order chi connectivity index (χ1) is 9.74.